The Morgan fingerprint density at radius 3 is 2.43 bits per heavy atom. The summed E-state index contributed by atoms with van der Waals surface area (Å²) < 4.78 is 40.9. The minimum atomic E-state index is -4.09. The van der Waals surface area contributed by atoms with E-state index < -0.39 is 26.8 Å². The molecule has 8 heteroatoms. The second-order valence-corrected chi connectivity index (χ2v) is 9.59. The third-order valence-corrected chi connectivity index (χ3v) is 7.33. The van der Waals surface area contributed by atoms with Gasteiger partial charge in [-0.3, -0.25) is 9.69 Å². The molecule has 3 rings (SSSR count). The van der Waals surface area contributed by atoms with Crippen LogP contribution < -0.4 is 4.72 Å². The standard InChI is InChI=1S/C20H30FN3O3S/c1-16(22-28(26,27)19-10-6-5-9-18(19)21)20(25)24-13-11-23(12-14-24)15-17-7-3-2-4-8-17/h5-6,9-10,16-17,22H,2-4,7-8,11-15H2,1H3/t16-/m0/s1. The number of hydrogen-bond donors (Lipinski definition) is 1. The SMILES string of the molecule is C[C@H](NS(=O)(=O)c1ccccc1F)C(=O)N1CCN(CC2CCCCC2)CC1. The first-order valence-electron chi connectivity index (χ1n) is 10.1. The number of sulfonamides is 1. The Morgan fingerprint density at radius 1 is 1.14 bits per heavy atom. The van der Waals surface area contributed by atoms with Gasteiger partial charge in [0.05, 0.1) is 6.04 Å². The number of carbonyl (C=O) groups excluding carboxylic acids is 1. The maximum atomic E-state index is 13.8. The van der Waals surface area contributed by atoms with Gasteiger partial charge in [-0.05, 0) is 37.8 Å². The van der Waals surface area contributed by atoms with Gasteiger partial charge in [0.25, 0.3) is 0 Å². The molecule has 1 atom stereocenters. The molecule has 0 aromatic heterocycles. The van der Waals surface area contributed by atoms with E-state index in [0.717, 1.165) is 31.6 Å². The zero-order valence-corrected chi connectivity index (χ0v) is 17.3. The molecule has 156 valence electrons. The molecule has 1 aliphatic carbocycles. The smallest absolute Gasteiger partial charge is 0.244 e. The summed E-state index contributed by atoms with van der Waals surface area (Å²) in [4.78, 5) is 16.3. The maximum absolute atomic E-state index is 13.8. The molecule has 1 aromatic rings. The number of amides is 1. The normalized spacial score (nSPS) is 20.9. The summed E-state index contributed by atoms with van der Waals surface area (Å²) in [6, 6.07) is 4.23. The third kappa shape index (κ3) is 5.30. The highest BCUT2D eigenvalue weighted by atomic mass is 32.2. The topological polar surface area (TPSA) is 69.7 Å². The Balaban J connectivity index is 1.51. The molecule has 0 unspecified atom stereocenters. The highest BCUT2D eigenvalue weighted by Gasteiger charge is 2.30. The van der Waals surface area contributed by atoms with Crippen molar-refractivity contribution in [2.24, 2.45) is 5.92 Å². The minimum Gasteiger partial charge on any atom is -0.339 e. The Bertz CT molecular complexity index is 773. The van der Waals surface area contributed by atoms with Crippen molar-refractivity contribution in [2.75, 3.05) is 32.7 Å². The van der Waals surface area contributed by atoms with Crippen LogP contribution in [-0.4, -0.2) is 62.9 Å². The van der Waals surface area contributed by atoms with Gasteiger partial charge in [0.1, 0.15) is 10.7 Å². The first kappa shape index (κ1) is 21.2. The van der Waals surface area contributed by atoms with E-state index in [9.17, 15) is 17.6 Å². The van der Waals surface area contributed by atoms with E-state index in [1.54, 1.807) is 4.90 Å². The summed E-state index contributed by atoms with van der Waals surface area (Å²) in [6.45, 7) is 5.42. The highest BCUT2D eigenvalue weighted by molar-refractivity contribution is 7.89. The fraction of sp³-hybridized carbons (Fsp3) is 0.650. The molecule has 6 nitrogen and oxygen atoms in total. The van der Waals surface area contributed by atoms with Crippen LogP contribution in [0.15, 0.2) is 29.2 Å². The van der Waals surface area contributed by atoms with Crippen LogP contribution in [0.4, 0.5) is 4.39 Å². The van der Waals surface area contributed by atoms with E-state index in [2.05, 4.69) is 9.62 Å². The molecule has 28 heavy (non-hydrogen) atoms. The second kappa shape index (κ2) is 9.33. The average Bonchev–Trinajstić information content (AvgIpc) is 2.68. The van der Waals surface area contributed by atoms with Crippen LogP contribution >= 0.6 is 0 Å². The minimum absolute atomic E-state index is 0.266. The summed E-state index contributed by atoms with van der Waals surface area (Å²) in [5.41, 5.74) is 0. The lowest BCUT2D eigenvalue weighted by Crippen LogP contribution is -2.54. The maximum Gasteiger partial charge on any atom is 0.244 e. The lowest BCUT2D eigenvalue weighted by molar-refractivity contribution is -0.134. The lowest BCUT2D eigenvalue weighted by atomic mass is 9.89. The molecular formula is C20H30FN3O3S. The van der Waals surface area contributed by atoms with E-state index in [4.69, 9.17) is 0 Å². The largest absolute Gasteiger partial charge is 0.339 e. The molecule has 2 aliphatic rings. The molecule has 1 N–H and O–H groups in total. The van der Waals surface area contributed by atoms with Gasteiger partial charge in [0, 0.05) is 32.7 Å². The average molecular weight is 412 g/mol. The van der Waals surface area contributed by atoms with Gasteiger partial charge in [0.2, 0.25) is 15.9 Å². The molecule has 1 aliphatic heterocycles. The van der Waals surface area contributed by atoms with Gasteiger partial charge in [0.15, 0.2) is 0 Å². The van der Waals surface area contributed by atoms with Crippen LogP contribution in [0.1, 0.15) is 39.0 Å². The monoisotopic (exact) mass is 411 g/mol. The van der Waals surface area contributed by atoms with Crippen molar-refractivity contribution >= 4 is 15.9 Å². The predicted octanol–water partition coefficient (Wildman–Crippen LogP) is 2.22. The number of carbonyl (C=O) groups is 1. The van der Waals surface area contributed by atoms with Crippen molar-refractivity contribution in [3.63, 3.8) is 0 Å². The van der Waals surface area contributed by atoms with Crippen LogP contribution in [0.2, 0.25) is 0 Å². The molecule has 2 fully saturated rings. The van der Waals surface area contributed by atoms with E-state index >= 15 is 0 Å². The van der Waals surface area contributed by atoms with Crippen molar-refractivity contribution in [3.8, 4) is 0 Å². The van der Waals surface area contributed by atoms with E-state index in [-0.39, 0.29) is 5.91 Å². The van der Waals surface area contributed by atoms with Crippen LogP contribution in [0, 0.1) is 11.7 Å². The second-order valence-electron chi connectivity index (χ2n) is 7.90. The number of piperazine rings is 1. The molecule has 0 spiro atoms. The van der Waals surface area contributed by atoms with Crippen molar-refractivity contribution in [3.05, 3.63) is 30.1 Å². The van der Waals surface area contributed by atoms with Crippen LogP contribution in [-0.2, 0) is 14.8 Å². The molecule has 1 aromatic carbocycles. The summed E-state index contributed by atoms with van der Waals surface area (Å²) in [6.07, 6.45) is 6.59. The van der Waals surface area contributed by atoms with Crippen LogP contribution in [0.25, 0.3) is 0 Å². The summed E-state index contributed by atoms with van der Waals surface area (Å²) in [5, 5.41) is 0. The molecule has 1 amide bonds. The van der Waals surface area contributed by atoms with Crippen LogP contribution in [0.3, 0.4) is 0 Å². The van der Waals surface area contributed by atoms with E-state index in [1.165, 1.54) is 57.2 Å². The number of rotatable bonds is 6. The predicted molar refractivity (Wildman–Crippen MR) is 106 cm³/mol. The van der Waals surface area contributed by atoms with Gasteiger partial charge < -0.3 is 4.90 Å². The number of benzene rings is 1. The zero-order chi connectivity index (χ0) is 20.1. The number of nitrogens with one attached hydrogen (secondary N) is 1. The Morgan fingerprint density at radius 2 is 1.79 bits per heavy atom. The zero-order valence-electron chi connectivity index (χ0n) is 16.4. The molecular weight excluding hydrogens is 381 g/mol. The Kier molecular flexibility index (Phi) is 7.06. The van der Waals surface area contributed by atoms with Crippen molar-refractivity contribution < 1.29 is 17.6 Å². The number of hydrogen-bond acceptors (Lipinski definition) is 4. The first-order chi connectivity index (χ1) is 13.4. The highest BCUT2D eigenvalue weighted by Crippen LogP contribution is 2.24. The fourth-order valence-electron chi connectivity index (χ4n) is 4.17. The van der Waals surface area contributed by atoms with Gasteiger partial charge in [-0.1, -0.05) is 31.4 Å². The Hall–Kier alpha value is -1.51. The van der Waals surface area contributed by atoms with E-state index in [1.807, 2.05) is 0 Å². The fourth-order valence-corrected chi connectivity index (χ4v) is 5.44. The lowest BCUT2D eigenvalue weighted by Gasteiger charge is -2.38. The summed E-state index contributed by atoms with van der Waals surface area (Å²) in [7, 11) is -4.09. The van der Waals surface area contributed by atoms with Crippen molar-refractivity contribution in [1.82, 2.24) is 14.5 Å². The third-order valence-electron chi connectivity index (χ3n) is 5.75. The van der Waals surface area contributed by atoms with Gasteiger partial charge in [-0.2, -0.15) is 4.72 Å². The quantitative estimate of drug-likeness (QED) is 0.779. The number of nitrogens with zero attached hydrogens (tertiary/aromatic N) is 2. The summed E-state index contributed by atoms with van der Waals surface area (Å²) >= 11 is 0. The van der Waals surface area contributed by atoms with Gasteiger partial charge >= 0.3 is 0 Å². The molecule has 1 heterocycles. The molecule has 1 saturated carbocycles. The van der Waals surface area contributed by atoms with Gasteiger partial charge in [-0.25, -0.2) is 12.8 Å². The molecule has 0 radical (unpaired) electrons. The van der Waals surface area contributed by atoms with Gasteiger partial charge in [-0.15, -0.1) is 0 Å². The Labute approximate surface area is 167 Å². The van der Waals surface area contributed by atoms with Crippen molar-refractivity contribution in [1.29, 1.82) is 0 Å². The molecule has 1 saturated heterocycles. The first-order valence-corrected chi connectivity index (χ1v) is 11.6. The molecule has 0 bridgehead atoms. The van der Waals surface area contributed by atoms with Crippen LogP contribution in [0.5, 0.6) is 0 Å². The summed E-state index contributed by atoms with van der Waals surface area (Å²) in [5.74, 6) is -0.328. The van der Waals surface area contributed by atoms with Crippen molar-refractivity contribution in [2.45, 2.75) is 50.0 Å². The van der Waals surface area contributed by atoms with E-state index in [0.29, 0.717) is 13.1 Å². The number of halogens is 1.